The van der Waals surface area contributed by atoms with Crippen molar-refractivity contribution in [2.24, 2.45) is 0 Å². The van der Waals surface area contributed by atoms with Gasteiger partial charge in [-0.1, -0.05) is 0 Å². The highest BCUT2D eigenvalue weighted by Gasteiger charge is 2.41. The molecule has 1 atom stereocenters. The van der Waals surface area contributed by atoms with Gasteiger partial charge in [-0.15, -0.1) is 0 Å². The molecule has 3 heterocycles. The number of hydrogen-bond donors (Lipinski definition) is 2. The molecule has 2 aromatic heterocycles. The highest BCUT2D eigenvalue weighted by molar-refractivity contribution is 5.76. The molecule has 2 aromatic rings. The minimum Gasteiger partial charge on any atom is -0.354 e. The summed E-state index contributed by atoms with van der Waals surface area (Å²) >= 11 is 0. The number of carbonyl (C=O) groups is 1. The number of hydrogen-bond acceptors (Lipinski definition) is 7. The van der Waals surface area contributed by atoms with Gasteiger partial charge in [0.1, 0.15) is 17.5 Å². The first-order valence-corrected chi connectivity index (χ1v) is 10.6. The van der Waals surface area contributed by atoms with E-state index in [9.17, 15) is 22.8 Å². The van der Waals surface area contributed by atoms with E-state index in [2.05, 4.69) is 25.2 Å². The fraction of sp³-hybridized carbons (Fsp3) is 0.476. The molecule has 0 saturated carbocycles. The van der Waals surface area contributed by atoms with Crippen molar-refractivity contribution in [2.45, 2.75) is 31.5 Å². The fourth-order valence-corrected chi connectivity index (χ4v) is 4.27. The maximum Gasteiger partial charge on any atom is 0.422 e. The predicted molar refractivity (Wildman–Crippen MR) is 111 cm³/mol. The second-order valence-corrected chi connectivity index (χ2v) is 8.04. The van der Waals surface area contributed by atoms with Crippen LogP contribution in [0, 0.1) is 11.3 Å². The van der Waals surface area contributed by atoms with Crippen molar-refractivity contribution in [3.05, 3.63) is 51.1 Å². The lowest BCUT2D eigenvalue weighted by Crippen LogP contribution is -2.47. The van der Waals surface area contributed by atoms with E-state index >= 15 is 0 Å². The maximum atomic E-state index is 13.2. The monoisotopic (exact) mass is 461 g/mol. The molecule has 0 aromatic carbocycles. The summed E-state index contributed by atoms with van der Waals surface area (Å²) in [6.07, 6.45) is -2.72. The van der Waals surface area contributed by atoms with Crippen molar-refractivity contribution in [3.63, 3.8) is 0 Å². The Kier molecular flexibility index (Phi) is 6.33. The number of anilines is 1. The van der Waals surface area contributed by atoms with Crippen LogP contribution in [-0.2, 0) is 17.4 Å². The number of halogens is 3. The summed E-state index contributed by atoms with van der Waals surface area (Å²) in [4.78, 5) is 32.6. The van der Waals surface area contributed by atoms with Gasteiger partial charge in [-0.2, -0.15) is 23.5 Å². The molecule has 1 aliphatic heterocycles. The minimum absolute atomic E-state index is 0.0391. The summed E-state index contributed by atoms with van der Waals surface area (Å²) in [5.41, 5.74) is -2.03. The number of nitrogens with one attached hydrogen (secondary N) is 2. The number of aromatic amines is 1. The van der Waals surface area contributed by atoms with E-state index < -0.39 is 23.3 Å². The summed E-state index contributed by atoms with van der Waals surface area (Å²) in [5, 5.41) is 17.3. The Morgan fingerprint density at radius 2 is 2.03 bits per heavy atom. The summed E-state index contributed by atoms with van der Waals surface area (Å²) < 4.78 is 39.7. The number of alkyl halides is 3. The maximum absolute atomic E-state index is 13.2. The van der Waals surface area contributed by atoms with Gasteiger partial charge in [-0.25, -0.2) is 10.1 Å². The van der Waals surface area contributed by atoms with Crippen LogP contribution in [0.2, 0.25) is 0 Å². The van der Waals surface area contributed by atoms with Crippen LogP contribution in [0.3, 0.4) is 0 Å². The second kappa shape index (κ2) is 9.19. The summed E-state index contributed by atoms with van der Waals surface area (Å²) in [7, 11) is 0. The Balaban J connectivity index is 1.28. The highest BCUT2D eigenvalue weighted by Crippen LogP contribution is 2.37. The van der Waals surface area contributed by atoms with Gasteiger partial charge in [-0.3, -0.25) is 14.5 Å². The first-order valence-electron chi connectivity index (χ1n) is 10.6. The number of nitrogens with zero attached hydrogens (tertiary/aromatic N) is 5. The lowest BCUT2D eigenvalue weighted by atomic mass is 10.1. The number of carbonyl (C=O) groups excluding carboxylic acids is 1. The third-order valence-electron chi connectivity index (χ3n) is 5.98. The van der Waals surface area contributed by atoms with Gasteiger partial charge >= 0.3 is 6.18 Å². The van der Waals surface area contributed by atoms with Crippen molar-refractivity contribution in [3.8, 4) is 6.07 Å². The van der Waals surface area contributed by atoms with Crippen LogP contribution in [0.4, 0.5) is 19.0 Å². The zero-order valence-corrected chi connectivity index (χ0v) is 17.7. The van der Waals surface area contributed by atoms with E-state index in [4.69, 9.17) is 5.26 Å². The van der Waals surface area contributed by atoms with Crippen LogP contribution >= 0.6 is 0 Å². The van der Waals surface area contributed by atoms with E-state index in [0.717, 1.165) is 32.0 Å². The predicted octanol–water partition coefficient (Wildman–Crippen LogP) is 1.37. The first kappa shape index (κ1) is 22.7. The molecule has 12 heteroatoms. The minimum atomic E-state index is -4.77. The third-order valence-corrected chi connectivity index (χ3v) is 5.98. The summed E-state index contributed by atoms with van der Waals surface area (Å²) in [6, 6.07) is 4.93. The first-order chi connectivity index (χ1) is 15.8. The Hall–Kier alpha value is -3.46. The third kappa shape index (κ3) is 4.98. The number of H-pyrrole nitrogens is 1. The van der Waals surface area contributed by atoms with Crippen LogP contribution in [-0.4, -0.2) is 58.7 Å². The van der Waals surface area contributed by atoms with Gasteiger partial charge in [-0.05, 0) is 30.5 Å². The van der Waals surface area contributed by atoms with E-state index in [1.807, 2.05) is 17.2 Å². The van der Waals surface area contributed by atoms with Crippen LogP contribution in [0.5, 0.6) is 0 Å². The van der Waals surface area contributed by atoms with Gasteiger partial charge < -0.3 is 10.2 Å². The van der Waals surface area contributed by atoms with E-state index in [1.54, 1.807) is 6.07 Å². The van der Waals surface area contributed by atoms with Crippen LogP contribution in [0.25, 0.3) is 0 Å². The van der Waals surface area contributed by atoms with Gasteiger partial charge in [0.15, 0.2) is 0 Å². The Bertz CT molecular complexity index is 1120. The molecule has 1 aliphatic carbocycles. The number of pyridine rings is 1. The molecule has 1 fully saturated rings. The topological polar surface area (TPSA) is 118 Å². The van der Waals surface area contributed by atoms with E-state index in [-0.39, 0.29) is 36.4 Å². The van der Waals surface area contributed by atoms with Crippen molar-refractivity contribution in [1.29, 1.82) is 5.26 Å². The smallest absolute Gasteiger partial charge is 0.354 e. The molecule has 0 bridgehead atoms. The average Bonchev–Trinajstić information content (AvgIpc) is 3.19. The van der Waals surface area contributed by atoms with Gasteiger partial charge in [0.2, 0.25) is 5.91 Å². The van der Waals surface area contributed by atoms with Crippen LogP contribution in [0.1, 0.15) is 41.3 Å². The van der Waals surface area contributed by atoms with Crippen molar-refractivity contribution in [1.82, 2.24) is 25.4 Å². The second-order valence-electron chi connectivity index (χ2n) is 8.04. The molecule has 2 aliphatic rings. The summed E-state index contributed by atoms with van der Waals surface area (Å²) in [5.74, 6) is 0.528. The number of aromatic nitrogens is 3. The molecule has 2 N–H and O–H groups in total. The molecule has 1 amide bonds. The highest BCUT2D eigenvalue weighted by atomic mass is 19.4. The van der Waals surface area contributed by atoms with E-state index in [0.29, 0.717) is 12.1 Å². The molecule has 174 valence electrons. The number of nitriles is 1. The molecule has 0 radical (unpaired) electrons. The molecule has 4 rings (SSSR count). The largest absolute Gasteiger partial charge is 0.422 e. The zero-order chi connectivity index (χ0) is 23.6. The Morgan fingerprint density at radius 1 is 1.27 bits per heavy atom. The molecule has 0 spiro atoms. The average molecular weight is 461 g/mol. The number of rotatable bonds is 5. The number of fused-ring (bicyclic) bond motifs is 1. The number of amides is 1. The van der Waals surface area contributed by atoms with E-state index in [1.165, 1.54) is 6.20 Å². The molecular formula is C21H22F3N7O2. The quantitative estimate of drug-likeness (QED) is 0.691. The molecule has 9 nitrogen and oxygen atoms in total. The lowest BCUT2D eigenvalue weighted by molar-refractivity contribution is -0.139. The number of piperazine rings is 1. The Labute approximate surface area is 187 Å². The zero-order valence-electron chi connectivity index (χ0n) is 17.7. The van der Waals surface area contributed by atoms with Crippen molar-refractivity contribution < 1.29 is 18.0 Å². The molecule has 1 unspecified atom stereocenters. The Morgan fingerprint density at radius 3 is 2.67 bits per heavy atom. The van der Waals surface area contributed by atoms with Crippen LogP contribution < -0.4 is 15.8 Å². The lowest BCUT2D eigenvalue weighted by Gasteiger charge is -2.35. The van der Waals surface area contributed by atoms with Gasteiger partial charge in [0, 0.05) is 45.3 Å². The molecule has 1 saturated heterocycles. The van der Waals surface area contributed by atoms with Crippen LogP contribution in [0.15, 0.2) is 23.1 Å². The standard InChI is InChI=1S/C21H22F3N7O2/c22-21(23,24)18-14-2-3-15(19(14)28-29-20(18)33)27-17(32)5-6-30-7-9-31(10-8-30)16-4-1-13(11-25)12-26-16/h1,4,12,15H,2-3,5-10H2,(H,27,32)(H,29,33). The SMILES string of the molecule is N#Cc1ccc(N2CCN(CCC(=O)NC3CCc4c3n[nH]c(=O)c4C(F)(F)F)CC2)nc1. The fourth-order valence-electron chi connectivity index (χ4n) is 4.27. The van der Waals surface area contributed by atoms with Crippen molar-refractivity contribution >= 4 is 11.7 Å². The molecular weight excluding hydrogens is 439 g/mol. The summed E-state index contributed by atoms with van der Waals surface area (Å²) in [6.45, 7) is 3.45. The van der Waals surface area contributed by atoms with Gasteiger partial charge in [0.25, 0.3) is 5.56 Å². The van der Waals surface area contributed by atoms with Crippen molar-refractivity contribution in [2.75, 3.05) is 37.6 Å². The molecule has 33 heavy (non-hydrogen) atoms. The van der Waals surface area contributed by atoms with Gasteiger partial charge in [0.05, 0.1) is 17.3 Å². The normalized spacial score (nSPS) is 18.6.